The third-order valence-electron chi connectivity index (χ3n) is 5.70. The number of hydrogen-bond acceptors (Lipinski definition) is 4. The van der Waals surface area contributed by atoms with Gasteiger partial charge in [0.1, 0.15) is 5.76 Å². The van der Waals surface area contributed by atoms with Crippen LogP contribution < -0.4 is 16.4 Å². The van der Waals surface area contributed by atoms with Gasteiger partial charge in [0, 0.05) is 29.3 Å². The lowest BCUT2D eigenvalue weighted by molar-refractivity contribution is 0.0950. The summed E-state index contributed by atoms with van der Waals surface area (Å²) in [4.78, 5) is 15.4. The van der Waals surface area contributed by atoms with Crippen molar-refractivity contribution in [3.8, 4) is 0 Å². The van der Waals surface area contributed by atoms with Gasteiger partial charge in [0.15, 0.2) is 5.76 Å². The molecule has 0 saturated carbocycles. The maximum Gasteiger partial charge on any atom is 0.294 e. The highest BCUT2D eigenvalue weighted by Gasteiger charge is 2.39. The number of rotatable bonds is 2. The van der Waals surface area contributed by atoms with Gasteiger partial charge in [-0.25, -0.2) is 0 Å². The average molecular weight is 393 g/mol. The van der Waals surface area contributed by atoms with Crippen molar-refractivity contribution in [1.82, 2.24) is 0 Å². The number of para-hydroxylation sites is 1. The molecule has 1 aromatic heterocycles. The van der Waals surface area contributed by atoms with E-state index >= 15 is 0 Å². The molecule has 1 unspecified atom stereocenters. The molecule has 29 heavy (non-hydrogen) atoms. The van der Waals surface area contributed by atoms with Gasteiger partial charge in [-0.2, -0.15) is 5.10 Å². The Labute approximate surface area is 170 Å². The van der Waals surface area contributed by atoms with Crippen molar-refractivity contribution in [2.75, 3.05) is 4.90 Å². The average Bonchev–Trinajstić information content (AvgIpc) is 3.14. The van der Waals surface area contributed by atoms with Gasteiger partial charge >= 0.3 is 0 Å². The molecule has 2 aliphatic rings. The molecule has 0 fully saturated rings. The lowest BCUT2D eigenvalue weighted by atomic mass is 9.75. The number of nitrogens with two attached hydrogens (primary N) is 2. The summed E-state index contributed by atoms with van der Waals surface area (Å²) >= 11 is 0. The highest BCUT2D eigenvalue weighted by atomic mass is 16.4. The van der Waals surface area contributed by atoms with Crippen molar-refractivity contribution >= 4 is 23.3 Å². The van der Waals surface area contributed by atoms with E-state index in [1.54, 1.807) is 0 Å². The van der Waals surface area contributed by atoms with Gasteiger partial charge in [-0.1, -0.05) is 32.0 Å². The van der Waals surface area contributed by atoms with Gasteiger partial charge < -0.3 is 20.8 Å². The SMILES string of the molecule is Cc1c(C(=O)N2c3ccccc3CC2C)oc2c1/C(=N\N=C(N)N)CC(C)(C)C2. The quantitative estimate of drug-likeness (QED) is 0.464. The first kappa shape index (κ1) is 19.2. The summed E-state index contributed by atoms with van der Waals surface area (Å²) in [6, 6.07) is 8.10. The monoisotopic (exact) mass is 393 g/mol. The predicted octanol–water partition coefficient (Wildman–Crippen LogP) is 3.13. The Bertz CT molecular complexity index is 1040. The molecular formula is C22H27N5O2. The van der Waals surface area contributed by atoms with E-state index in [0.717, 1.165) is 41.1 Å². The molecule has 7 nitrogen and oxygen atoms in total. The maximum atomic E-state index is 13.5. The third kappa shape index (κ3) is 3.30. The number of furan rings is 1. The number of anilines is 1. The topological polar surface area (TPSA) is 110 Å². The summed E-state index contributed by atoms with van der Waals surface area (Å²) in [5.74, 6) is 0.927. The highest BCUT2D eigenvalue weighted by Crippen LogP contribution is 2.40. The van der Waals surface area contributed by atoms with E-state index in [9.17, 15) is 4.79 Å². The first-order chi connectivity index (χ1) is 13.7. The molecule has 4 rings (SSSR count). The molecule has 152 valence electrons. The fourth-order valence-electron chi connectivity index (χ4n) is 4.51. The van der Waals surface area contributed by atoms with Crippen LogP contribution >= 0.6 is 0 Å². The van der Waals surface area contributed by atoms with Crippen LogP contribution in [0.4, 0.5) is 5.69 Å². The Morgan fingerprint density at radius 2 is 1.97 bits per heavy atom. The summed E-state index contributed by atoms with van der Waals surface area (Å²) in [6.07, 6.45) is 2.27. The van der Waals surface area contributed by atoms with Gasteiger partial charge in [-0.05, 0) is 43.7 Å². The van der Waals surface area contributed by atoms with Crippen LogP contribution in [0.3, 0.4) is 0 Å². The van der Waals surface area contributed by atoms with Crippen LogP contribution in [0.1, 0.15) is 60.2 Å². The summed E-state index contributed by atoms with van der Waals surface area (Å²) in [6.45, 7) is 8.24. The van der Waals surface area contributed by atoms with Crippen LogP contribution in [0.5, 0.6) is 0 Å². The Hall–Kier alpha value is -3.09. The molecule has 1 aliphatic heterocycles. The second-order valence-corrected chi connectivity index (χ2v) is 8.80. The zero-order valence-electron chi connectivity index (χ0n) is 17.3. The van der Waals surface area contributed by atoms with E-state index in [1.807, 2.05) is 30.0 Å². The maximum absolute atomic E-state index is 13.5. The van der Waals surface area contributed by atoms with Crippen molar-refractivity contribution in [2.45, 2.75) is 53.0 Å². The minimum absolute atomic E-state index is 0.0666. The number of benzene rings is 1. The molecule has 1 atom stereocenters. The molecule has 7 heteroatoms. The van der Waals surface area contributed by atoms with Crippen LogP contribution in [0, 0.1) is 12.3 Å². The molecule has 1 amide bonds. The molecule has 0 saturated heterocycles. The molecule has 1 aromatic carbocycles. The number of amides is 1. The van der Waals surface area contributed by atoms with Gasteiger partial charge in [0.25, 0.3) is 5.91 Å². The lowest BCUT2D eigenvalue weighted by Crippen LogP contribution is -2.35. The Kier molecular flexibility index (Phi) is 4.48. The number of hydrogen-bond donors (Lipinski definition) is 2. The Morgan fingerprint density at radius 3 is 2.69 bits per heavy atom. The summed E-state index contributed by atoms with van der Waals surface area (Å²) < 4.78 is 6.16. The summed E-state index contributed by atoms with van der Waals surface area (Å²) in [5, 5.41) is 8.12. The fraction of sp³-hybridized carbons (Fsp3) is 0.409. The van der Waals surface area contributed by atoms with E-state index in [-0.39, 0.29) is 23.3 Å². The van der Waals surface area contributed by atoms with E-state index in [0.29, 0.717) is 12.2 Å². The molecule has 0 radical (unpaired) electrons. The van der Waals surface area contributed by atoms with Gasteiger partial charge in [-0.15, -0.1) is 5.10 Å². The standard InChI is InChI=1S/C22H27N5O2/c1-12-9-14-7-5-6-8-16(14)27(12)20(28)19-13(2)18-15(25-26-21(23)24)10-22(3,4)11-17(18)29-19/h5-8,12H,9-11H2,1-4H3,(H4,23,24,26)/b25-15-. The van der Waals surface area contributed by atoms with Crippen LogP contribution in [0.15, 0.2) is 38.9 Å². The van der Waals surface area contributed by atoms with E-state index < -0.39 is 0 Å². The van der Waals surface area contributed by atoms with E-state index in [2.05, 4.69) is 37.0 Å². The number of carbonyl (C=O) groups excluding carboxylic acids is 1. The molecule has 1 aliphatic carbocycles. The minimum atomic E-state index is -0.117. The Morgan fingerprint density at radius 1 is 1.24 bits per heavy atom. The number of carbonyl (C=O) groups is 1. The predicted molar refractivity (Wildman–Crippen MR) is 114 cm³/mol. The smallest absolute Gasteiger partial charge is 0.294 e. The van der Waals surface area contributed by atoms with Crippen LogP contribution in [0.2, 0.25) is 0 Å². The van der Waals surface area contributed by atoms with Crippen molar-refractivity contribution in [1.29, 1.82) is 0 Å². The molecule has 2 aromatic rings. The number of nitrogens with zero attached hydrogens (tertiary/aromatic N) is 3. The molecule has 2 heterocycles. The fourth-order valence-corrected chi connectivity index (χ4v) is 4.51. The van der Waals surface area contributed by atoms with Gasteiger partial charge in [0.05, 0.1) is 5.71 Å². The van der Waals surface area contributed by atoms with Crippen molar-refractivity contribution in [2.24, 2.45) is 27.1 Å². The second-order valence-electron chi connectivity index (χ2n) is 8.80. The van der Waals surface area contributed by atoms with Crippen LogP contribution in [0.25, 0.3) is 0 Å². The largest absolute Gasteiger partial charge is 0.455 e. The Balaban J connectivity index is 1.79. The number of fused-ring (bicyclic) bond motifs is 2. The molecular weight excluding hydrogens is 366 g/mol. The first-order valence-corrected chi connectivity index (χ1v) is 9.87. The van der Waals surface area contributed by atoms with Crippen molar-refractivity contribution < 1.29 is 9.21 Å². The highest BCUT2D eigenvalue weighted by molar-refractivity contribution is 6.11. The van der Waals surface area contributed by atoms with E-state index in [4.69, 9.17) is 15.9 Å². The third-order valence-corrected chi connectivity index (χ3v) is 5.70. The number of guanidine groups is 1. The minimum Gasteiger partial charge on any atom is -0.455 e. The summed E-state index contributed by atoms with van der Waals surface area (Å²) in [5.41, 5.74) is 15.4. The van der Waals surface area contributed by atoms with Gasteiger partial charge in [-0.3, -0.25) is 4.79 Å². The first-order valence-electron chi connectivity index (χ1n) is 9.87. The van der Waals surface area contributed by atoms with Crippen molar-refractivity contribution in [3.63, 3.8) is 0 Å². The van der Waals surface area contributed by atoms with Crippen LogP contribution in [-0.2, 0) is 12.8 Å². The lowest BCUT2D eigenvalue weighted by Gasteiger charge is -2.29. The zero-order chi connectivity index (χ0) is 20.9. The molecule has 0 bridgehead atoms. The second kappa shape index (κ2) is 6.76. The molecule has 0 spiro atoms. The van der Waals surface area contributed by atoms with Gasteiger partial charge in [0.2, 0.25) is 5.96 Å². The molecule has 4 N–H and O–H groups in total. The van der Waals surface area contributed by atoms with E-state index in [1.165, 1.54) is 5.56 Å². The van der Waals surface area contributed by atoms with Crippen LogP contribution in [-0.4, -0.2) is 23.6 Å². The summed E-state index contributed by atoms with van der Waals surface area (Å²) in [7, 11) is 0. The van der Waals surface area contributed by atoms with Crippen molar-refractivity contribution in [3.05, 3.63) is 52.5 Å². The normalized spacial score (nSPS) is 21.0. The zero-order valence-corrected chi connectivity index (χ0v) is 17.3.